The van der Waals surface area contributed by atoms with Crippen molar-refractivity contribution in [2.45, 2.75) is 38.1 Å². The molecule has 1 heterocycles. The van der Waals surface area contributed by atoms with Gasteiger partial charge < -0.3 is 10.7 Å². The second kappa shape index (κ2) is 4.91. The molecule has 0 saturated heterocycles. The summed E-state index contributed by atoms with van der Waals surface area (Å²) in [4.78, 5) is 4.28. The average molecular weight is 203 g/mol. The molecule has 2 N–H and O–H groups in total. The van der Waals surface area contributed by atoms with E-state index >= 15 is 0 Å². The van der Waals surface area contributed by atoms with Gasteiger partial charge in [0.05, 0.1) is 0 Å². The first-order valence-corrected chi connectivity index (χ1v) is 5.61. The first-order chi connectivity index (χ1) is 7.38. The largest absolute Gasteiger partial charge is 0.367 e. The molecule has 1 aromatic rings. The van der Waals surface area contributed by atoms with Crippen LogP contribution in [0.5, 0.6) is 0 Å². The highest BCUT2D eigenvalue weighted by atomic mass is 15.0. The van der Waals surface area contributed by atoms with E-state index in [1.165, 1.54) is 38.3 Å². The Bertz CT molecular complexity index is 312. The van der Waals surface area contributed by atoms with Crippen LogP contribution in [-0.4, -0.2) is 17.2 Å². The predicted octanol–water partition coefficient (Wildman–Crippen LogP) is 2.82. The Hall–Kier alpha value is -1.38. The molecule has 1 aromatic heterocycles. The van der Waals surface area contributed by atoms with Gasteiger partial charge in [0.2, 0.25) is 0 Å². The van der Waals surface area contributed by atoms with Crippen LogP contribution in [0.4, 0.5) is 5.82 Å². The maximum Gasteiger partial charge on any atom is 0.126 e. The lowest BCUT2D eigenvalue weighted by molar-refractivity contribution is 0.462. The molecule has 0 bridgehead atoms. The van der Waals surface area contributed by atoms with E-state index in [-0.39, 0.29) is 0 Å². The van der Waals surface area contributed by atoms with Crippen molar-refractivity contribution in [1.29, 1.82) is 5.41 Å². The van der Waals surface area contributed by atoms with Gasteiger partial charge in [0.25, 0.3) is 0 Å². The molecule has 1 saturated carbocycles. The number of anilines is 1. The monoisotopic (exact) mass is 203 g/mol. The summed E-state index contributed by atoms with van der Waals surface area (Å²) in [5.74, 6) is 0.938. The fraction of sp³-hybridized carbons (Fsp3) is 0.500. The number of nitrogens with one attached hydrogen (secondary N) is 2. The summed E-state index contributed by atoms with van der Waals surface area (Å²) in [6.45, 7) is 0. The normalized spacial score (nSPS) is 17.3. The highest BCUT2D eigenvalue weighted by Gasteiger charge is 2.12. The van der Waals surface area contributed by atoms with Crippen LogP contribution in [0.2, 0.25) is 0 Å². The topological polar surface area (TPSA) is 48.8 Å². The van der Waals surface area contributed by atoms with Gasteiger partial charge >= 0.3 is 0 Å². The van der Waals surface area contributed by atoms with Gasteiger partial charge in [-0.2, -0.15) is 0 Å². The van der Waals surface area contributed by atoms with Crippen LogP contribution < -0.4 is 5.32 Å². The minimum atomic E-state index is 0.595. The van der Waals surface area contributed by atoms with Crippen molar-refractivity contribution >= 4 is 12.0 Å². The number of aromatic nitrogens is 1. The fourth-order valence-electron chi connectivity index (χ4n) is 2.03. The Morgan fingerprint density at radius 2 is 2.07 bits per heavy atom. The van der Waals surface area contributed by atoms with Crippen LogP contribution in [0.3, 0.4) is 0 Å². The Balaban J connectivity index is 1.94. The first-order valence-electron chi connectivity index (χ1n) is 5.61. The minimum Gasteiger partial charge on any atom is -0.367 e. The van der Waals surface area contributed by atoms with Crippen molar-refractivity contribution in [3.8, 4) is 0 Å². The number of hydrogen-bond donors (Lipinski definition) is 2. The van der Waals surface area contributed by atoms with Crippen LogP contribution in [0.15, 0.2) is 18.3 Å². The Morgan fingerprint density at radius 1 is 1.27 bits per heavy atom. The molecule has 3 heteroatoms. The van der Waals surface area contributed by atoms with E-state index in [4.69, 9.17) is 5.41 Å². The average Bonchev–Trinajstić information content (AvgIpc) is 2.31. The first kappa shape index (κ1) is 10.1. The molecule has 0 atom stereocenters. The van der Waals surface area contributed by atoms with E-state index in [0.717, 1.165) is 11.4 Å². The quantitative estimate of drug-likeness (QED) is 0.742. The highest BCUT2D eigenvalue weighted by molar-refractivity contribution is 5.76. The lowest BCUT2D eigenvalue weighted by Crippen LogP contribution is -2.22. The van der Waals surface area contributed by atoms with E-state index in [9.17, 15) is 0 Å². The zero-order valence-electron chi connectivity index (χ0n) is 8.87. The Labute approximate surface area is 90.4 Å². The predicted molar refractivity (Wildman–Crippen MR) is 62.6 cm³/mol. The summed E-state index contributed by atoms with van der Waals surface area (Å²) >= 11 is 0. The van der Waals surface area contributed by atoms with E-state index < -0.39 is 0 Å². The molecule has 0 aliphatic heterocycles. The molecule has 1 aliphatic rings. The van der Waals surface area contributed by atoms with Crippen molar-refractivity contribution in [3.05, 3.63) is 23.9 Å². The number of nitrogens with zero attached hydrogens (tertiary/aromatic N) is 1. The van der Waals surface area contributed by atoms with Gasteiger partial charge in [0.15, 0.2) is 0 Å². The van der Waals surface area contributed by atoms with Gasteiger partial charge in [-0.05, 0) is 25.0 Å². The smallest absolute Gasteiger partial charge is 0.126 e. The summed E-state index contributed by atoms with van der Waals surface area (Å²) in [5, 5.41) is 10.5. The third kappa shape index (κ3) is 2.78. The fourth-order valence-corrected chi connectivity index (χ4v) is 2.03. The molecule has 0 spiro atoms. The van der Waals surface area contributed by atoms with Crippen LogP contribution >= 0.6 is 0 Å². The molecule has 80 valence electrons. The molecule has 3 nitrogen and oxygen atoms in total. The molecular formula is C12H17N3. The van der Waals surface area contributed by atoms with E-state index in [2.05, 4.69) is 10.3 Å². The zero-order chi connectivity index (χ0) is 10.5. The van der Waals surface area contributed by atoms with Gasteiger partial charge in [0, 0.05) is 24.0 Å². The maximum atomic E-state index is 7.08. The molecule has 0 aromatic carbocycles. The molecule has 1 fully saturated rings. The van der Waals surface area contributed by atoms with Crippen molar-refractivity contribution in [2.75, 3.05) is 5.32 Å². The standard InChI is InChI=1S/C12H17N3/c13-8-10-6-7-12(14-9-10)15-11-4-2-1-3-5-11/h6-9,11,13H,1-5H2,(H,14,15). The Kier molecular flexibility index (Phi) is 3.33. The number of rotatable bonds is 3. The van der Waals surface area contributed by atoms with E-state index in [1.54, 1.807) is 6.20 Å². The van der Waals surface area contributed by atoms with Crippen LogP contribution in [0.25, 0.3) is 0 Å². The summed E-state index contributed by atoms with van der Waals surface area (Å²) in [6.07, 6.45) is 9.60. The van der Waals surface area contributed by atoms with Crippen LogP contribution in [-0.2, 0) is 0 Å². The molecule has 0 radical (unpaired) electrons. The summed E-state index contributed by atoms with van der Waals surface area (Å²) in [5.41, 5.74) is 0.851. The van der Waals surface area contributed by atoms with Gasteiger partial charge in [-0.15, -0.1) is 0 Å². The third-order valence-corrected chi connectivity index (χ3v) is 2.91. The van der Waals surface area contributed by atoms with Crippen molar-refractivity contribution < 1.29 is 0 Å². The second-order valence-corrected chi connectivity index (χ2v) is 4.10. The summed E-state index contributed by atoms with van der Waals surface area (Å²) in [7, 11) is 0. The van der Waals surface area contributed by atoms with Gasteiger partial charge in [0.1, 0.15) is 5.82 Å². The molecule has 0 unspecified atom stereocenters. The lowest BCUT2D eigenvalue weighted by Gasteiger charge is -2.23. The summed E-state index contributed by atoms with van der Waals surface area (Å²) < 4.78 is 0. The van der Waals surface area contributed by atoms with Gasteiger partial charge in [-0.3, -0.25) is 0 Å². The van der Waals surface area contributed by atoms with Crippen LogP contribution in [0.1, 0.15) is 37.7 Å². The molecule has 2 rings (SSSR count). The lowest BCUT2D eigenvalue weighted by atomic mass is 9.95. The molecule has 1 aliphatic carbocycles. The maximum absolute atomic E-state index is 7.08. The zero-order valence-corrected chi connectivity index (χ0v) is 8.87. The number of pyridine rings is 1. The minimum absolute atomic E-state index is 0.595. The SMILES string of the molecule is N=Cc1ccc(NC2CCCCC2)nc1. The van der Waals surface area contributed by atoms with Gasteiger partial charge in [-0.25, -0.2) is 4.98 Å². The summed E-state index contributed by atoms with van der Waals surface area (Å²) in [6, 6.07) is 4.47. The number of hydrogen-bond acceptors (Lipinski definition) is 3. The van der Waals surface area contributed by atoms with Crippen molar-refractivity contribution in [1.82, 2.24) is 4.98 Å². The Morgan fingerprint density at radius 3 is 2.67 bits per heavy atom. The molecule has 0 amide bonds. The van der Waals surface area contributed by atoms with Crippen molar-refractivity contribution in [2.24, 2.45) is 0 Å². The second-order valence-electron chi connectivity index (χ2n) is 4.10. The molecular weight excluding hydrogens is 186 g/mol. The molecule has 15 heavy (non-hydrogen) atoms. The van der Waals surface area contributed by atoms with Gasteiger partial charge in [-0.1, -0.05) is 19.3 Å². The van der Waals surface area contributed by atoms with E-state index in [0.29, 0.717) is 6.04 Å². The highest BCUT2D eigenvalue weighted by Crippen LogP contribution is 2.20. The third-order valence-electron chi connectivity index (χ3n) is 2.91. The van der Waals surface area contributed by atoms with Crippen LogP contribution in [0, 0.1) is 5.41 Å². The van der Waals surface area contributed by atoms with Crippen molar-refractivity contribution in [3.63, 3.8) is 0 Å². The van der Waals surface area contributed by atoms with E-state index in [1.807, 2.05) is 12.1 Å².